The molecule has 2 N–H and O–H groups in total. The first-order valence-electron chi connectivity index (χ1n) is 11.0. The summed E-state index contributed by atoms with van der Waals surface area (Å²) >= 11 is 0. The van der Waals surface area contributed by atoms with Crippen LogP contribution >= 0.6 is 0 Å². The second-order valence-corrected chi connectivity index (χ2v) is 10.3. The van der Waals surface area contributed by atoms with Crippen molar-refractivity contribution in [3.63, 3.8) is 0 Å². The summed E-state index contributed by atoms with van der Waals surface area (Å²) in [4.78, 5) is 39.0. The summed E-state index contributed by atoms with van der Waals surface area (Å²) in [5, 5.41) is 21.1. The highest BCUT2D eigenvalue weighted by molar-refractivity contribution is 6.01. The minimum Gasteiger partial charge on any atom is -0.480 e. The first kappa shape index (κ1) is 22.8. The van der Waals surface area contributed by atoms with Gasteiger partial charge in [0.05, 0.1) is 0 Å². The molecule has 0 radical (unpaired) electrons. The fourth-order valence-electron chi connectivity index (χ4n) is 6.48. The van der Waals surface area contributed by atoms with Crippen LogP contribution in [0.4, 0.5) is 0 Å². The van der Waals surface area contributed by atoms with Crippen molar-refractivity contribution in [2.75, 3.05) is 6.54 Å². The van der Waals surface area contributed by atoms with Crippen molar-refractivity contribution in [1.82, 2.24) is 4.90 Å². The van der Waals surface area contributed by atoms with Gasteiger partial charge in [-0.15, -0.1) is 0 Å². The minimum absolute atomic E-state index is 0.0666. The number of carbonyl (C=O) groups excluding carboxylic acids is 2. The lowest BCUT2D eigenvalue weighted by molar-refractivity contribution is -0.173. The van der Waals surface area contributed by atoms with Gasteiger partial charge in [-0.05, 0) is 29.7 Å². The predicted molar refractivity (Wildman–Crippen MR) is 110 cm³/mol. The first-order chi connectivity index (χ1) is 13.9. The van der Waals surface area contributed by atoms with E-state index in [1.54, 1.807) is 0 Å². The van der Waals surface area contributed by atoms with Crippen LogP contribution in [-0.4, -0.2) is 57.8 Å². The number of carboxylic acid groups (broad SMARTS) is 1. The second-order valence-electron chi connectivity index (χ2n) is 10.3. The van der Waals surface area contributed by atoms with Crippen molar-refractivity contribution >= 4 is 17.8 Å². The molecule has 0 spiro atoms. The van der Waals surface area contributed by atoms with Crippen LogP contribution in [0.3, 0.4) is 0 Å². The highest BCUT2D eigenvalue weighted by Gasteiger charge is 2.62. The van der Waals surface area contributed by atoms with Gasteiger partial charge in [0.1, 0.15) is 18.2 Å². The molecule has 6 atom stereocenters. The third kappa shape index (κ3) is 3.35. The molecule has 3 rings (SSSR count). The first-order valence-corrected chi connectivity index (χ1v) is 11.0. The number of carboxylic acids is 1. The van der Waals surface area contributed by atoms with E-state index in [1.165, 1.54) is 11.8 Å². The van der Waals surface area contributed by atoms with Crippen molar-refractivity contribution in [1.29, 1.82) is 0 Å². The van der Waals surface area contributed by atoms with Crippen molar-refractivity contribution in [3.8, 4) is 0 Å². The summed E-state index contributed by atoms with van der Waals surface area (Å²) in [5.41, 5.74) is 0.243. The Balaban J connectivity index is 2.12. The second kappa shape index (κ2) is 7.66. The van der Waals surface area contributed by atoms with E-state index in [1.807, 2.05) is 20.8 Å². The highest BCUT2D eigenvalue weighted by atomic mass is 16.6. The molecule has 0 aromatic carbocycles. The lowest BCUT2D eigenvalue weighted by Crippen LogP contribution is -2.58. The van der Waals surface area contributed by atoms with Crippen LogP contribution in [0, 0.1) is 22.7 Å². The average molecular weight is 422 g/mol. The molecule has 0 unspecified atom stereocenters. The molecule has 0 bridgehead atoms. The van der Waals surface area contributed by atoms with Gasteiger partial charge in [0.15, 0.2) is 0 Å². The monoisotopic (exact) mass is 421 g/mol. The van der Waals surface area contributed by atoms with Gasteiger partial charge in [0.25, 0.3) is 5.91 Å². The number of fused-ring (bicyclic) bond motifs is 2. The van der Waals surface area contributed by atoms with E-state index < -0.39 is 35.6 Å². The molecule has 1 aliphatic heterocycles. The molecular weight excluding hydrogens is 386 g/mol. The smallest absolute Gasteiger partial charge is 0.326 e. The molecule has 7 heteroatoms. The number of aliphatic hydroxyl groups excluding tert-OH is 1. The van der Waals surface area contributed by atoms with Crippen molar-refractivity contribution < 1.29 is 29.3 Å². The van der Waals surface area contributed by atoms with Gasteiger partial charge in [0.2, 0.25) is 0 Å². The zero-order valence-corrected chi connectivity index (χ0v) is 18.9. The molecule has 3 aliphatic rings. The van der Waals surface area contributed by atoms with Crippen LogP contribution in [0.1, 0.15) is 67.2 Å². The number of esters is 1. The quantitative estimate of drug-likeness (QED) is 0.662. The number of aliphatic hydroxyl groups is 1. The molecule has 1 saturated carbocycles. The van der Waals surface area contributed by atoms with Crippen LogP contribution in [-0.2, 0) is 19.1 Å². The van der Waals surface area contributed by atoms with Crippen LogP contribution in [0.15, 0.2) is 11.1 Å². The Morgan fingerprint density at radius 3 is 2.43 bits per heavy atom. The summed E-state index contributed by atoms with van der Waals surface area (Å²) in [5.74, 6) is -2.23. The fraction of sp³-hybridized carbons (Fsp3) is 0.783. The largest absolute Gasteiger partial charge is 0.480 e. The van der Waals surface area contributed by atoms with Gasteiger partial charge >= 0.3 is 11.9 Å². The highest BCUT2D eigenvalue weighted by Crippen LogP contribution is 2.61. The predicted octanol–water partition coefficient (Wildman–Crippen LogP) is 2.76. The summed E-state index contributed by atoms with van der Waals surface area (Å²) < 4.78 is 5.66. The van der Waals surface area contributed by atoms with E-state index in [9.17, 15) is 24.6 Å². The van der Waals surface area contributed by atoms with E-state index in [0.717, 1.165) is 19.3 Å². The Bertz CT molecular complexity index is 787. The number of amides is 1. The maximum absolute atomic E-state index is 13.6. The number of hydrogen-bond donors (Lipinski definition) is 2. The molecule has 0 aromatic heterocycles. The average Bonchev–Trinajstić information content (AvgIpc) is 2.96. The molecule has 1 amide bonds. The Labute approximate surface area is 178 Å². The van der Waals surface area contributed by atoms with Crippen molar-refractivity contribution in [2.45, 2.75) is 85.5 Å². The molecule has 30 heavy (non-hydrogen) atoms. The van der Waals surface area contributed by atoms with Gasteiger partial charge in [-0.3, -0.25) is 9.59 Å². The summed E-state index contributed by atoms with van der Waals surface area (Å²) in [6, 6.07) is -0.953. The molecule has 0 saturated heterocycles. The number of ether oxygens (including phenoxy) is 1. The lowest BCUT2D eigenvalue weighted by atomic mass is 9.49. The Hall–Kier alpha value is -1.89. The van der Waals surface area contributed by atoms with E-state index in [4.69, 9.17) is 4.74 Å². The van der Waals surface area contributed by atoms with Crippen LogP contribution < -0.4 is 0 Å². The normalized spacial score (nSPS) is 34.8. The maximum atomic E-state index is 13.6. The summed E-state index contributed by atoms with van der Waals surface area (Å²) in [6.07, 6.45) is 1.33. The van der Waals surface area contributed by atoms with Crippen LogP contribution in [0.25, 0.3) is 0 Å². The standard InChI is InChI=1S/C23H35NO6/c1-7-12(2)16(21(28)29)24-11-14-15(20(24)27)23(6)10-8-9-22(4,5)19(23)18(17(14)26)30-13(3)25/h12,16-19,26H,7-11H2,1-6H3,(H,28,29)/t12-,16-,17+,18+,19-,23+/m0/s1. The number of rotatable bonds is 5. The molecule has 7 nitrogen and oxygen atoms in total. The Morgan fingerprint density at radius 1 is 1.27 bits per heavy atom. The zero-order chi connectivity index (χ0) is 22.6. The van der Waals surface area contributed by atoms with Gasteiger partial charge < -0.3 is 19.8 Å². The topological polar surface area (TPSA) is 104 Å². The van der Waals surface area contributed by atoms with Crippen molar-refractivity contribution in [2.24, 2.45) is 22.7 Å². The molecule has 1 fully saturated rings. The van der Waals surface area contributed by atoms with Crippen LogP contribution in [0.5, 0.6) is 0 Å². The Morgan fingerprint density at radius 2 is 1.90 bits per heavy atom. The SMILES string of the molecule is CC[C@H](C)[C@@H](C(=O)O)N1CC2=C(C1=O)[C@@]1(C)CCCC(C)(C)[C@@H]1[C@H](OC(C)=O)[C@@H]2O. The molecule has 168 valence electrons. The van der Waals surface area contributed by atoms with Gasteiger partial charge in [-0.25, -0.2) is 4.79 Å². The third-order valence-electron chi connectivity index (χ3n) is 7.82. The van der Waals surface area contributed by atoms with Gasteiger partial charge in [-0.2, -0.15) is 0 Å². The van der Waals surface area contributed by atoms with Crippen molar-refractivity contribution in [3.05, 3.63) is 11.1 Å². The van der Waals surface area contributed by atoms with E-state index in [0.29, 0.717) is 17.6 Å². The number of aliphatic carboxylic acids is 1. The molecule has 1 heterocycles. The van der Waals surface area contributed by atoms with E-state index in [-0.39, 0.29) is 29.7 Å². The fourth-order valence-corrected chi connectivity index (χ4v) is 6.48. The number of hydrogen-bond acceptors (Lipinski definition) is 5. The molecule has 2 aliphatic carbocycles. The summed E-state index contributed by atoms with van der Waals surface area (Å²) in [7, 11) is 0. The van der Waals surface area contributed by atoms with Gasteiger partial charge in [-0.1, -0.05) is 47.5 Å². The van der Waals surface area contributed by atoms with E-state index >= 15 is 0 Å². The summed E-state index contributed by atoms with van der Waals surface area (Å²) in [6.45, 7) is 11.4. The lowest BCUT2D eigenvalue weighted by Gasteiger charge is -2.57. The zero-order valence-electron chi connectivity index (χ0n) is 18.9. The number of carbonyl (C=O) groups is 3. The van der Waals surface area contributed by atoms with Gasteiger partial charge in [0, 0.05) is 30.4 Å². The Kier molecular flexibility index (Phi) is 5.82. The molecule has 0 aromatic rings. The molecular formula is C23H35NO6. The maximum Gasteiger partial charge on any atom is 0.326 e. The van der Waals surface area contributed by atoms with E-state index in [2.05, 4.69) is 13.8 Å². The van der Waals surface area contributed by atoms with Crippen LogP contribution in [0.2, 0.25) is 0 Å². The number of nitrogens with zero attached hydrogens (tertiary/aromatic N) is 1. The third-order valence-corrected chi connectivity index (χ3v) is 7.82. The minimum atomic E-state index is -1.11.